The highest BCUT2D eigenvalue weighted by Crippen LogP contribution is 2.20. The van der Waals surface area contributed by atoms with Gasteiger partial charge in [-0.2, -0.15) is 0 Å². The van der Waals surface area contributed by atoms with Crippen LogP contribution in [-0.4, -0.2) is 9.97 Å². The molecule has 3 aromatic rings. The second-order valence-corrected chi connectivity index (χ2v) is 3.22. The Morgan fingerprint density at radius 2 is 1.60 bits per heavy atom. The molecule has 3 heteroatoms. The first-order chi connectivity index (χ1) is 6.95. The van der Waals surface area contributed by atoms with Gasteiger partial charge in [0.15, 0.2) is 5.65 Å². The van der Waals surface area contributed by atoms with Gasteiger partial charge in [-0.25, -0.2) is 9.97 Å². The normalized spacial score (nSPS) is 10.1. The van der Waals surface area contributed by atoms with Gasteiger partial charge in [-0.15, -0.1) is 12.4 Å². The van der Waals surface area contributed by atoms with Gasteiger partial charge in [0.2, 0.25) is 0 Å². The lowest BCUT2D eigenvalue weighted by molar-refractivity contribution is 1.30. The molecule has 0 amide bonds. The van der Waals surface area contributed by atoms with Crippen LogP contribution in [0.2, 0.25) is 0 Å². The summed E-state index contributed by atoms with van der Waals surface area (Å²) in [5, 5.41) is 3.49. The van der Waals surface area contributed by atoms with Crippen molar-refractivity contribution >= 4 is 34.2 Å². The van der Waals surface area contributed by atoms with Gasteiger partial charge in [-0.3, -0.25) is 0 Å². The van der Waals surface area contributed by atoms with E-state index in [9.17, 15) is 0 Å². The topological polar surface area (TPSA) is 25.8 Å². The molecule has 0 N–H and O–H groups in total. The molecule has 0 spiro atoms. The first kappa shape index (κ1) is 9.87. The highest BCUT2D eigenvalue weighted by molar-refractivity contribution is 6.03. The van der Waals surface area contributed by atoms with E-state index in [1.165, 1.54) is 5.39 Å². The Hall–Kier alpha value is -1.67. The molecule has 3 rings (SSSR count). The number of fused-ring (bicyclic) bond motifs is 3. The smallest absolute Gasteiger partial charge is 0.159 e. The zero-order chi connectivity index (χ0) is 9.38. The first-order valence-corrected chi connectivity index (χ1v) is 4.53. The minimum atomic E-state index is 0. The maximum absolute atomic E-state index is 4.30. The third kappa shape index (κ3) is 1.53. The van der Waals surface area contributed by atoms with Crippen LogP contribution in [0.5, 0.6) is 0 Å². The van der Waals surface area contributed by atoms with Gasteiger partial charge in [-0.05, 0) is 17.5 Å². The second kappa shape index (κ2) is 3.83. The zero-order valence-corrected chi connectivity index (χ0v) is 8.74. The maximum Gasteiger partial charge on any atom is 0.159 e. The second-order valence-electron chi connectivity index (χ2n) is 3.22. The Kier molecular flexibility index (Phi) is 2.52. The fraction of sp³-hybridized carbons (Fsp3) is 0. The number of pyridine rings is 2. The first-order valence-electron chi connectivity index (χ1n) is 4.53. The number of aromatic nitrogens is 2. The molecule has 15 heavy (non-hydrogen) atoms. The minimum Gasteiger partial charge on any atom is -0.237 e. The molecule has 74 valence electrons. The lowest BCUT2D eigenvalue weighted by Crippen LogP contribution is -1.83. The summed E-state index contributed by atoms with van der Waals surface area (Å²) in [5.74, 6) is 0. The van der Waals surface area contributed by atoms with Crippen LogP contribution in [0.3, 0.4) is 0 Å². The molecule has 0 fully saturated rings. The summed E-state index contributed by atoms with van der Waals surface area (Å²) in [6, 6.07) is 12.2. The Labute approximate surface area is 93.4 Å². The Morgan fingerprint density at radius 1 is 0.800 bits per heavy atom. The van der Waals surface area contributed by atoms with Crippen LogP contribution in [0.4, 0.5) is 0 Å². The average molecular weight is 217 g/mol. The highest BCUT2D eigenvalue weighted by Gasteiger charge is 1.99. The molecule has 0 saturated heterocycles. The average Bonchev–Trinajstić information content (AvgIpc) is 2.29. The fourth-order valence-electron chi connectivity index (χ4n) is 1.70. The molecule has 0 unspecified atom stereocenters. The van der Waals surface area contributed by atoms with Crippen molar-refractivity contribution in [2.24, 2.45) is 0 Å². The zero-order valence-electron chi connectivity index (χ0n) is 7.92. The van der Waals surface area contributed by atoms with Crippen molar-refractivity contribution in [3.8, 4) is 0 Å². The summed E-state index contributed by atoms with van der Waals surface area (Å²) in [4.78, 5) is 8.52. The van der Waals surface area contributed by atoms with Crippen molar-refractivity contribution in [1.82, 2.24) is 9.97 Å². The van der Waals surface area contributed by atoms with E-state index in [1.807, 2.05) is 24.4 Å². The molecule has 0 bridgehead atoms. The van der Waals surface area contributed by atoms with Crippen molar-refractivity contribution in [2.45, 2.75) is 0 Å². The van der Waals surface area contributed by atoms with Crippen LogP contribution in [0, 0.1) is 0 Å². The molecule has 2 nitrogen and oxygen atoms in total. The van der Waals surface area contributed by atoms with E-state index in [1.54, 1.807) is 6.20 Å². The Bertz CT molecular complexity index is 553. The van der Waals surface area contributed by atoms with Crippen LogP contribution in [0.25, 0.3) is 21.8 Å². The van der Waals surface area contributed by atoms with E-state index in [2.05, 4.69) is 28.2 Å². The summed E-state index contributed by atoms with van der Waals surface area (Å²) >= 11 is 0. The molecule has 0 radical (unpaired) electrons. The molecule has 1 aromatic carbocycles. The van der Waals surface area contributed by atoms with Crippen LogP contribution in [0.1, 0.15) is 0 Å². The lowest BCUT2D eigenvalue weighted by atomic mass is 10.1. The largest absolute Gasteiger partial charge is 0.237 e. The molecular weight excluding hydrogens is 208 g/mol. The predicted octanol–water partition coefficient (Wildman–Crippen LogP) is 3.20. The fourth-order valence-corrected chi connectivity index (χ4v) is 1.70. The number of hydrogen-bond donors (Lipinski definition) is 0. The van der Waals surface area contributed by atoms with Crippen LogP contribution >= 0.6 is 12.4 Å². The molecular formula is C12H9ClN2. The van der Waals surface area contributed by atoms with Crippen LogP contribution in [0.15, 0.2) is 48.8 Å². The van der Waals surface area contributed by atoms with E-state index in [0.717, 1.165) is 16.4 Å². The molecule has 2 heterocycles. The summed E-state index contributed by atoms with van der Waals surface area (Å²) in [6.45, 7) is 0. The van der Waals surface area contributed by atoms with Crippen LogP contribution in [-0.2, 0) is 0 Å². The maximum atomic E-state index is 4.30. The number of benzene rings is 1. The molecule has 0 aliphatic rings. The summed E-state index contributed by atoms with van der Waals surface area (Å²) in [5.41, 5.74) is 0.811. The summed E-state index contributed by atoms with van der Waals surface area (Å²) in [7, 11) is 0. The van der Waals surface area contributed by atoms with E-state index < -0.39 is 0 Å². The molecule has 2 aromatic heterocycles. The number of nitrogens with zero attached hydrogens (tertiary/aromatic N) is 2. The number of halogens is 1. The van der Waals surface area contributed by atoms with Gasteiger partial charge in [0.05, 0.1) is 0 Å². The van der Waals surface area contributed by atoms with Gasteiger partial charge in [0, 0.05) is 23.2 Å². The molecule has 0 aliphatic carbocycles. The van der Waals surface area contributed by atoms with Gasteiger partial charge in [0.25, 0.3) is 0 Å². The molecule has 0 atom stereocenters. The predicted molar refractivity (Wildman–Crippen MR) is 64.3 cm³/mol. The SMILES string of the molecule is Cl.c1ccc2c(c1)cnc1ncccc12. The van der Waals surface area contributed by atoms with Crippen molar-refractivity contribution in [2.75, 3.05) is 0 Å². The van der Waals surface area contributed by atoms with Crippen molar-refractivity contribution in [3.63, 3.8) is 0 Å². The summed E-state index contributed by atoms with van der Waals surface area (Å²) < 4.78 is 0. The highest BCUT2D eigenvalue weighted by atomic mass is 35.5. The quantitative estimate of drug-likeness (QED) is 0.540. The molecule has 0 saturated carbocycles. The lowest BCUT2D eigenvalue weighted by Gasteiger charge is -2.00. The third-order valence-corrected chi connectivity index (χ3v) is 2.36. The molecule has 0 aliphatic heterocycles. The van der Waals surface area contributed by atoms with Crippen molar-refractivity contribution in [3.05, 3.63) is 48.8 Å². The van der Waals surface area contributed by atoms with Crippen molar-refractivity contribution < 1.29 is 0 Å². The minimum absolute atomic E-state index is 0. The Morgan fingerprint density at radius 3 is 2.53 bits per heavy atom. The van der Waals surface area contributed by atoms with E-state index in [0.29, 0.717) is 0 Å². The van der Waals surface area contributed by atoms with Crippen molar-refractivity contribution in [1.29, 1.82) is 0 Å². The monoisotopic (exact) mass is 216 g/mol. The summed E-state index contributed by atoms with van der Waals surface area (Å²) in [6.07, 6.45) is 3.63. The third-order valence-electron chi connectivity index (χ3n) is 2.36. The van der Waals surface area contributed by atoms with Gasteiger partial charge in [-0.1, -0.05) is 24.3 Å². The standard InChI is InChI=1S/C12H8N2.ClH/c1-2-5-10-9(4-1)8-14-12-11(10)6-3-7-13-12;/h1-8H;1H. The van der Waals surface area contributed by atoms with Gasteiger partial charge in [0.1, 0.15) is 0 Å². The van der Waals surface area contributed by atoms with Crippen LogP contribution < -0.4 is 0 Å². The Balaban J connectivity index is 0.000000853. The number of hydrogen-bond acceptors (Lipinski definition) is 2. The van der Waals surface area contributed by atoms with E-state index >= 15 is 0 Å². The van der Waals surface area contributed by atoms with E-state index in [4.69, 9.17) is 0 Å². The van der Waals surface area contributed by atoms with Gasteiger partial charge < -0.3 is 0 Å². The van der Waals surface area contributed by atoms with E-state index in [-0.39, 0.29) is 12.4 Å². The van der Waals surface area contributed by atoms with Gasteiger partial charge >= 0.3 is 0 Å². The number of rotatable bonds is 0.